The van der Waals surface area contributed by atoms with Gasteiger partial charge in [-0.25, -0.2) is 4.39 Å². The minimum atomic E-state index is -1.07. The van der Waals surface area contributed by atoms with Crippen molar-refractivity contribution < 1.29 is 14.0 Å². The van der Waals surface area contributed by atoms with Crippen LogP contribution < -0.4 is 5.73 Å². The lowest BCUT2D eigenvalue weighted by Crippen LogP contribution is -2.50. The Labute approximate surface area is 151 Å². The molecule has 2 fully saturated rings. The van der Waals surface area contributed by atoms with Crippen molar-refractivity contribution in [3.05, 3.63) is 34.9 Å². The van der Waals surface area contributed by atoms with Crippen LogP contribution in [0.3, 0.4) is 0 Å². The van der Waals surface area contributed by atoms with Gasteiger partial charge in [-0.15, -0.1) is 0 Å². The molecule has 2 heterocycles. The Kier molecular flexibility index (Phi) is 5.29. The first-order chi connectivity index (χ1) is 11.9. The third-order valence-electron chi connectivity index (χ3n) is 5.31. The first kappa shape index (κ1) is 18.1. The number of nitrogens with zero attached hydrogens (tertiary/aromatic N) is 2. The third-order valence-corrected chi connectivity index (χ3v) is 5.56. The first-order valence-corrected chi connectivity index (χ1v) is 8.93. The molecule has 136 valence electrons. The molecule has 0 aromatic heterocycles. The van der Waals surface area contributed by atoms with Gasteiger partial charge < -0.3 is 15.5 Å². The molecule has 1 spiro atoms. The van der Waals surface area contributed by atoms with Gasteiger partial charge in [0.05, 0.1) is 0 Å². The van der Waals surface area contributed by atoms with Crippen LogP contribution in [0.25, 0.3) is 0 Å². The predicted molar refractivity (Wildman–Crippen MR) is 93.7 cm³/mol. The topological polar surface area (TPSA) is 66.6 Å². The fourth-order valence-electron chi connectivity index (χ4n) is 3.77. The Morgan fingerprint density at radius 1 is 1.28 bits per heavy atom. The molecule has 0 saturated carbocycles. The number of benzene rings is 1. The lowest BCUT2D eigenvalue weighted by atomic mass is 9.77. The number of piperidine rings is 1. The van der Waals surface area contributed by atoms with Gasteiger partial charge in [0.2, 0.25) is 11.8 Å². The summed E-state index contributed by atoms with van der Waals surface area (Å²) in [6.45, 7) is 1.51. The SMILES string of the molecule is N[C@H](CF)C(=O)N1CCC2(CC1)CC(=O)N(Cc1ccc(Cl)cc1)C2. The highest BCUT2D eigenvalue weighted by atomic mass is 35.5. The summed E-state index contributed by atoms with van der Waals surface area (Å²) in [5, 5.41) is 0.677. The van der Waals surface area contributed by atoms with Crippen LogP contribution in [-0.2, 0) is 16.1 Å². The van der Waals surface area contributed by atoms with Crippen molar-refractivity contribution in [3.8, 4) is 0 Å². The lowest BCUT2D eigenvalue weighted by Gasteiger charge is -2.39. The van der Waals surface area contributed by atoms with Gasteiger partial charge in [0.25, 0.3) is 0 Å². The Morgan fingerprint density at radius 3 is 2.52 bits per heavy atom. The normalized spacial score (nSPS) is 21.0. The summed E-state index contributed by atoms with van der Waals surface area (Å²) in [6, 6.07) is 6.44. The monoisotopic (exact) mass is 367 g/mol. The fourth-order valence-corrected chi connectivity index (χ4v) is 3.90. The van der Waals surface area contributed by atoms with E-state index in [1.165, 1.54) is 0 Å². The molecule has 0 bridgehead atoms. The van der Waals surface area contributed by atoms with Crippen LogP contribution in [-0.4, -0.2) is 54.0 Å². The molecule has 1 atom stereocenters. The highest BCUT2D eigenvalue weighted by Gasteiger charge is 2.45. The second kappa shape index (κ2) is 7.30. The molecule has 0 unspecified atom stereocenters. The number of likely N-dealkylation sites (tertiary alicyclic amines) is 2. The van der Waals surface area contributed by atoms with Crippen molar-refractivity contribution >= 4 is 23.4 Å². The van der Waals surface area contributed by atoms with Crippen molar-refractivity contribution in [2.75, 3.05) is 26.3 Å². The molecule has 2 N–H and O–H groups in total. The zero-order valence-corrected chi connectivity index (χ0v) is 14.8. The molecule has 1 aromatic rings. The molecular weight excluding hydrogens is 345 g/mol. The van der Waals surface area contributed by atoms with Gasteiger partial charge in [0.1, 0.15) is 12.7 Å². The second-order valence-electron chi connectivity index (χ2n) is 7.14. The number of nitrogens with two attached hydrogens (primary N) is 1. The van der Waals surface area contributed by atoms with Crippen LogP contribution in [0.15, 0.2) is 24.3 Å². The molecule has 2 amide bonds. The number of carbonyl (C=O) groups excluding carboxylic acids is 2. The molecule has 2 aliphatic heterocycles. The second-order valence-corrected chi connectivity index (χ2v) is 7.58. The van der Waals surface area contributed by atoms with Crippen molar-refractivity contribution in [2.45, 2.75) is 31.8 Å². The minimum Gasteiger partial charge on any atom is -0.341 e. The van der Waals surface area contributed by atoms with Crippen LogP contribution in [0, 0.1) is 5.41 Å². The molecule has 2 aliphatic rings. The largest absolute Gasteiger partial charge is 0.341 e. The number of carbonyl (C=O) groups is 2. The number of alkyl halides is 1. The van der Waals surface area contributed by atoms with Gasteiger partial charge in [-0.1, -0.05) is 23.7 Å². The van der Waals surface area contributed by atoms with E-state index in [1.54, 1.807) is 4.90 Å². The summed E-state index contributed by atoms with van der Waals surface area (Å²) < 4.78 is 12.6. The van der Waals surface area contributed by atoms with E-state index in [9.17, 15) is 14.0 Å². The quantitative estimate of drug-likeness (QED) is 0.884. The number of hydrogen-bond donors (Lipinski definition) is 1. The van der Waals surface area contributed by atoms with E-state index in [2.05, 4.69) is 0 Å². The lowest BCUT2D eigenvalue weighted by molar-refractivity contribution is -0.135. The van der Waals surface area contributed by atoms with Gasteiger partial charge in [-0.3, -0.25) is 9.59 Å². The molecule has 0 radical (unpaired) electrons. The van der Waals surface area contributed by atoms with E-state index in [0.29, 0.717) is 37.6 Å². The van der Waals surface area contributed by atoms with E-state index in [1.807, 2.05) is 29.2 Å². The van der Waals surface area contributed by atoms with Crippen molar-refractivity contribution in [1.82, 2.24) is 9.80 Å². The van der Waals surface area contributed by atoms with E-state index in [0.717, 1.165) is 18.4 Å². The summed E-state index contributed by atoms with van der Waals surface area (Å²) in [4.78, 5) is 28.0. The first-order valence-electron chi connectivity index (χ1n) is 8.55. The highest BCUT2D eigenvalue weighted by Crippen LogP contribution is 2.41. The Balaban J connectivity index is 1.59. The molecule has 1 aromatic carbocycles. The number of hydrogen-bond acceptors (Lipinski definition) is 3. The minimum absolute atomic E-state index is 0.0832. The average Bonchev–Trinajstić information content (AvgIpc) is 2.91. The molecule has 5 nitrogen and oxygen atoms in total. The van der Waals surface area contributed by atoms with E-state index < -0.39 is 12.7 Å². The van der Waals surface area contributed by atoms with Crippen LogP contribution in [0.4, 0.5) is 4.39 Å². The number of amides is 2. The van der Waals surface area contributed by atoms with Crippen molar-refractivity contribution in [3.63, 3.8) is 0 Å². The molecular formula is C18H23ClFN3O2. The third kappa shape index (κ3) is 3.96. The van der Waals surface area contributed by atoms with Gasteiger partial charge >= 0.3 is 0 Å². The summed E-state index contributed by atoms with van der Waals surface area (Å²) in [7, 11) is 0. The number of rotatable bonds is 4. The van der Waals surface area contributed by atoms with E-state index in [-0.39, 0.29) is 17.2 Å². The average molecular weight is 368 g/mol. The Bertz CT molecular complexity index is 644. The Hall–Kier alpha value is -1.66. The summed E-state index contributed by atoms with van der Waals surface area (Å²) in [5.74, 6) is -0.185. The smallest absolute Gasteiger partial charge is 0.242 e. The maximum absolute atomic E-state index is 12.6. The standard InChI is InChI=1S/C18H23ClFN3O2/c19-14-3-1-13(2-4-14)11-23-12-18(9-16(23)24)5-7-22(8-6-18)17(25)15(21)10-20/h1-4,15H,5-12,21H2/t15-/m1/s1. The maximum Gasteiger partial charge on any atom is 0.242 e. The zero-order valence-electron chi connectivity index (χ0n) is 14.1. The molecule has 7 heteroatoms. The Morgan fingerprint density at radius 2 is 1.92 bits per heavy atom. The predicted octanol–water partition coefficient (Wildman–Crippen LogP) is 1.98. The van der Waals surface area contributed by atoms with Crippen LogP contribution in [0.2, 0.25) is 5.02 Å². The van der Waals surface area contributed by atoms with Gasteiger partial charge in [0, 0.05) is 43.0 Å². The van der Waals surface area contributed by atoms with Crippen molar-refractivity contribution in [1.29, 1.82) is 0 Å². The molecule has 2 saturated heterocycles. The van der Waals surface area contributed by atoms with Crippen molar-refractivity contribution in [2.24, 2.45) is 11.1 Å². The van der Waals surface area contributed by atoms with E-state index in [4.69, 9.17) is 17.3 Å². The fraction of sp³-hybridized carbons (Fsp3) is 0.556. The van der Waals surface area contributed by atoms with E-state index >= 15 is 0 Å². The summed E-state index contributed by atoms with van der Waals surface area (Å²) in [6.07, 6.45) is 2.01. The zero-order chi connectivity index (χ0) is 18.0. The molecule has 0 aliphatic carbocycles. The van der Waals surface area contributed by atoms with Crippen LogP contribution in [0.1, 0.15) is 24.8 Å². The van der Waals surface area contributed by atoms with Crippen LogP contribution in [0.5, 0.6) is 0 Å². The number of halogens is 2. The maximum atomic E-state index is 12.6. The van der Waals surface area contributed by atoms with Gasteiger partial charge in [0.15, 0.2) is 0 Å². The molecule has 25 heavy (non-hydrogen) atoms. The molecule has 3 rings (SSSR count). The summed E-state index contributed by atoms with van der Waals surface area (Å²) >= 11 is 5.90. The summed E-state index contributed by atoms with van der Waals surface area (Å²) in [5.41, 5.74) is 6.46. The van der Waals surface area contributed by atoms with Gasteiger partial charge in [-0.05, 0) is 30.5 Å². The van der Waals surface area contributed by atoms with Gasteiger partial charge in [-0.2, -0.15) is 0 Å². The highest BCUT2D eigenvalue weighted by molar-refractivity contribution is 6.30. The van der Waals surface area contributed by atoms with Crippen LogP contribution >= 0.6 is 11.6 Å².